The largest absolute Gasteiger partial charge is 0.353 e. The monoisotopic (exact) mass is 483 g/mol. The summed E-state index contributed by atoms with van der Waals surface area (Å²) in [6.07, 6.45) is 10.1. The molecule has 9 heteroatoms. The molecule has 0 saturated heterocycles. The molecule has 1 aliphatic carbocycles. The van der Waals surface area contributed by atoms with Gasteiger partial charge in [0.05, 0.1) is 28.6 Å². The topological polar surface area (TPSA) is 112 Å². The van der Waals surface area contributed by atoms with Crippen molar-refractivity contribution in [2.75, 3.05) is 0 Å². The summed E-state index contributed by atoms with van der Waals surface area (Å²) in [6, 6.07) is 4.96. The predicted molar refractivity (Wildman–Crippen MR) is 140 cm³/mol. The molecule has 6 rings (SSSR count). The lowest BCUT2D eigenvalue weighted by Crippen LogP contribution is -2.32. The Balaban J connectivity index is 1.29. The molecule has 5 aromatic heterocycles. The van der Waals surface area contributed by atoms with Crippen LogP contribution >= 0.6 is 0 Å². The average Bonchev–Trinajstić information content (AvgIpc) is 3.64. The van der Waals surface area contributed by atoms with Crippen molar-refractivity contribution in [2.24, 2.45) is 0 Å². The van der Waals surface area contributed by atoms with Gasteiger partial charge in [0.2, 0.25) is 0 Å². The first-order valence-electron chi connectivity index (χ1n) is 12.9. The second-order valence-corrected chi connectivity index (χ2v) is 10.4. The molecule has 0 unspecified atom stereocenters. The Hall–Kier alpha value is -3.59. The lowest BCUT2D eigenvalue weighted by Gasteiger charge is -2.28. The summed E-state index contributed by atoms with van der Waals surface area (Å²) in [5, 5.41) is 18.7. The van der Waals surface area contributed by atoms with E-state index in [9.17, 15) is 0 Å². The molecule has 0 aliphatic heterocycles. The third-order valence-corrected chi connectivity index (χ3v) is 7.86. The number of rotatable bonds is 6. The SMILES string of the molecule is Cc1c(-c2[nH]c3ccc(C4CCC(NCc5cn[nH]n5)CC4)nc3c2C(C)C)cn2ncnc2c1C. The van der Waals surface area contributed by atoms with Crippen LogP contribution in [0.4, 0.5) is 0 Å². The van der Waals surface area contributed by atoms with Crippen LogP contribution in [0.2, 0.25) is 0 Å². The highest BCUT2D eigenvalue weighted by molar-refractivity contribution is 5.89. The first-order chi connectivity index (χ1) is 17.5. The Morgan fingerprint density at radius 1 is 1.11 bits per heavy atom. The van der Waals surface area contributed by atoms with Crippen molar-refractivity contribution in [2.45, 2.75) is 77.8 Å². The molecule has 1 saturated carbocycles. The van der Waals surface area contributed by atoms with Gasteiger partial charge in [0, 0.05) is 41.5 Å². The third-order valence-electron chi connectivity index (χ3n) is 7.86. The lowest BCUT2D eigenvalue weighted by atomic mass is 9.83. The first kappa shape index (κ1) is 22.8. The van der Waals surface area contributed by atoms with Gasteiger partial charge in [-0.2, -0.15) is 20.5 Å². The van der Waals surface area contributed by atoms with Gasteiger partial charge in [-0.15, -0.1) is 0 Å². The van der Waals surface area contributed by atoms with E-state index in [1.54, 1.807) is 12.5 Å². The fourth-order valence-electron chi connectivity index (χ4n) is 5.71. The van der Waals surface area contributed by atoms with Gasteiger partial charge in [-0.3, -0.25) is 4.98 Å². The molecule has 0 spiro atoms. The van der Waals surface area contributed by atoms with E-state index in [1.807, 2.05) is 4.52 Å². The molecule has 0 amide bonds. The minimum atomic E-state index is 0.333. The Kier molecular flexibility index (Phi) is 5.79. The number of aryl methyl sites for hydroxylation is 1. The standard InChI is InChI=1S/C27H33N9/c1-15(2)24-25(21-13-36-27(29-14-31-36)17(4)16(21)3)33-23-10-9-22(32-26(23)24)18-5-7-19(8-6-18)28-11-20-12-30-35-34-20/h9-10,12-15,18-19,28,33H,5-8,11H2,1-4H3,(H,30,34,35). The highest BCUT2D eigenvalue weighted by Gasteiger charge is 2.25. The molecule has 186 valence electrons. The van der Waals surface area contributed by atoms with Crippen LogP contribution in [0.25, 0.3) is 27.9 Å². The Morgan fingerprint density at radius 2 is 1.94 bits per heavy atom. The zero-order valence-corrected chi connectivity index (χ0v) is 21.3. The summed E-state index contributed by atoms with van der Waals surface area (Å²) in [6.45, 7) is 9.56. The fourth-order valence-corrected chi connectivity index (χ4v) is 5.71. The van der Waals surface area contributed by atoms with E-state index in [2.05, 4.69) is 81.8 Å². The van der Waals surface area contributed by atoms with Crippen molar-refractivity contribution < 1.29 is 0 Å². The van der Waals surface area contributed by atoms with Gasteiger partial charge in [0.25, 0.3) is 0 Å². The van der Waals surface area contributed by atoms with E-state index in [4.69, 9.17) is 4.98 Å². The quantitative estimate of drug-likeness (QED) is 0.315. The number of pyridine rings is 2. The third kappa shape index (κ3) is 3.97. The zero-order valence-electron chi connectivity index (χ0n) is 21.3. The number of H-pyrrole nitrogens is 2. The summed E-state index contributed by atoms with van der Waals surface area (Å²) < 4.78 is 1.88. The molecule has 0 radical (unpaired) electrons. The summed E-state index contributed by atoms with van der Waals surface area (Å²) >= 11 is 0. The van der Waals surface area contributed by atoms with Crippen molar-refractivity contribution in [1.82, 2.24) is 45.3 Å². The van der Waals surface area contributed by atoms with Crippen LogP contribution in [0.5, 0.6) is 0 Å². The van der Waals surface area contributed by atoms with Gasteiger partial charge in [-0.05, 0) is 68.7 Å². The van der Waals surface area contributed by atoms with Crippen LogP contribution < -0.4 is 5.32 Å². The zero-order chi connectivity index (χ0) is 24.8. The summed E-state index contributed by atoms with van der Waals surface area (Å²) in [7, 11) is 0. The minimum absolute atomic E-state index is 0.333. The Bertz CT molecular complexity index is 1500. The highest BCUT2D eigenvalue weighted by Crippen LogP contribution is 2.39. The van der Waals surface area contributed by atoms with Crippen LogP contribution in [0.15, 0.2) is 30.9 Å². The molecule has 0 atom stereocenters. The van der Waals surface area contributed by atoms with Crippen LogP contribution in [0.3, 0.4) is 0 Å². The van der Waals surface area contributed by atoms with E-state index in [0.29, 0.717) is 17.9 Å². The lowest BCUT2D eigenvalue weighted by molar-refractivity contribution is 0.337. The molecule has 36 heavy (non-hydrogen) atoms. The van der Waals surface area contributed by atoms with Crippen molar-refractivity contribution >= 4 is 16.7 Å². The molecule has 0 aromatic carbocycles. The average molecular weight is 484 g/mol. The van der Waals surface area contributed by atoms with Gasteiger partial charge in [0.1, 0.15) is 6.33 Å². The van der Waals surface area contributed by atoms with Crippen LogP contribution in [-0.2, 0) is 6.54 Å². The number of nitrogens with one attached hydrogen (secondary N) is 3. The van der Waals surface area contributed by atoms with Gasteiger partial charge < -0.3 is 10.3 Å². The minimum Gasteiger partial charge on any atom is -0.353 e. The number of aromatic nitrogens is 8. The summed E-state index contributed by atoms with van der Waals surface area (Å²) in [4.78, 5) is 13.4. The number of aromatic amines is 2. The summed E-state index contributed by atoms with van der Waals surface area (Å²) in [5.74, 6) is 0.826. The smallest absolute Gasteiger partial charge is 0.158 e. The van der Waals surface area contributed by atoms with Crippen LogP contribution in [-0.4, -0.2) is 46.0 Å². The number of nitrogens with zero attached hydrogens (tertiary/aromatic N) is 6. The van der Waals surface area contributed by atoms with E-state index >= 15 is 0 Å². The maximum atomic E-state index is 5.27. The van der Waals surface area contributed by atoms with Gasteiger partial charge in [-0.25, -0.2) is 9.50 Å². The molecule has 5 heterocycles. The molecule has 9 nitrogen and oxygen atoms in total. The number of fused-ring (bicyclic) bond motifs is 2. The van der Waals surface area contributed by atoms with Gasteiger partial charge >= 0.3 is 0 Å². The van der Waals surface area contributed by atoms with Gasteiger partial charge in [0.15, 0.2) is 5.65 Å². The maximum absolute atomic E-state index is 5.27. The Morgan fingerprint density at radius 3 is 2.69 bits per heavy atom. The van der Waals surface area contributed by atoms with Crippen molar-refractivity contribution in [1.29, 1.82) is 0 Å². The molecule has 0 bridgehead atoms. The fraction of sp³-hybridized carbons (Fsp3) is 0.444. The molecular weight excluding hydrogens is 450 g/mol. The number of hydrogen-bond acceptors (Lipinski definition) is 6. The summed E-state index contributed by atoms with van der Waals surface area (Å²) in [5.41, 5.74) is 11.2. The van der Waals surface area contributed by atoms with Crippen molar-refractivity contribution in [3.05, 3.63) is 58.9 Å². The molecule has 1 fully saturated rings. The molecule has 1 aliphatic rings. The van der Waals surface area contributed by atoms with Crippen LogP contribution in [0, 0.1) is 13.8 Å². The first-order valence-corrected chi connectivity index (χ1v) is 12.9. The van der Waals surface area contributed by atoms with E-state index < -0.39 is 0 Å². The second kappa shape index (κ2) is 9.13. The predicted octanol–water partition coefficient (Wildman–Crippen LogP) is 4.95. The second-order valence-electron chi connectivity index (χ2n) is 10.4. The molecule has 3 N–H and O–H groups in total. The molecular formula is C27H33N9. The van der Waals surface area contributed by atoms with E-state index in [1.165, 1.54) is 16.8 Å². The van der Waals surface area contributed by atoms with E-state index in [0.717, 1.165) is 71.4 Å². The van der Waals surface area contributed by atoms with Gasteiger partial charge in [-0.1, -0.05) is 13.8 Å². The molecule has 5 aromatic rings. The van der Waals surface area contributed by atoms with E-state index in [-0.39, 0.29) is 0 Å². The highest BCUT2D eigenvalue weighted by atomic mass is 15.3. The normalized spacial score (nSPS) is 18.6. The Labute approximate surface area is 210 Å². The van der Waals surface area contributed by atoms with Crippen molar-refractivity contribution in [3.8, 4) is 11.3 Å². The van der Waals surface area contributed by atoms with Crippen LogP contribution in [0.1, 0.15) is 79.4 Å². The maximum Gasteiger partial charge on any atom is 0.158 e. The number of hydrogen-bond donors (Lipinski definition) is 3. The van der Waals surface area contributed by atoms with Crippen molar-refractivity contribution in [3.63, 3.8) is 0 Å².